The minimum Gasteiger partial charge on any atom is -0.456 e. The number of nitrogens with zero attached hydrogens (tertiary/aromatic N) is 2. The van der Waals surface area contributed by atoms with E-state index in [2.05, 4.69) is 4.98 Å². The second-order valence-electron chi connectivity index (χ2n) is 4.33. The van der Waals surface area contributed by atoms with E-state index < -0.39 is 10.7 Å². The molecule has 3 aromatic rings. The summed E-state index contributed by atoms with van der Waals surface area (Å²) in [6.45, 7) is 0. The number of rotatable bonds is 3. The number of nitro benzene ring substituents is 1. The lowest BCUT2D eigenvalue weighted by Gasteiger charge is -2.08. The maximum absolute atomic E-state index is 13.4. The van der Waals surface area contributed by atoms with Gasteiger partial charge in [-0.15, -0.1) is 0 Å². The molecule has 3 rings (SSSR count). The lowest BCUT2D eigenvalue weighted by atomic mass is 10.2. The Morgan fingerprint density at radius 1 is 1.14 bits per heavy atom. The van der Waals surface area contributed by atoms with E-state index in [-0.39, 0.29) is 11.4 Å². The average molecular weight is 284 g/mol. The molecule has 0 aliphatic heterocycles. The molecule has 104 valence electrons. The normalized spacial score (nSPS) is 10.5. The highest BCUT2D eigenvalue weighted by atomic mass is 19.1. The van der Waals surface area contributed by atoms with E-state index in [0.29, 0.717) is 5.75 Å². The molecule has 21 heavy (non-hydrogen) atoms. The lowest BCUT2D eigenvalue weighted by molar-refractivity contribution is -0.385. The molecule has 0 spiro atoms. The maximum atomic E-state index is 13.4. The van der Waals surface area contributed by atoms with Gasteiger partial charge in [-0.2, -0.15) is 0 Å². The van der Waals surface area contributed by atoms with Crippen LogP contribution in [0.25, 0.3) is 10.9 Å². The van der Waals surface area contributed by atoms with Gasteiger partial charge in [0.2, 0.25) is 0 Å². The second kappa shape index (κ2) is 5.16. The van der Waals surface area contributed by atoms with Gasteiger partial charge in [-0.05, 0) is 24.3 Å². The van der Waals surface area contributed by atoms with E-state index in [0.717, 1.165) is 23.0 Å². The van der Waals surface area contributed by atoms with Crippen molar-refractivity contribution in [3.63, 3.8) is 0 Å². The van der Waals surface area contributed by atoms with Crippen molar-refractivity contribution in [2.45, 2.75) is 0 Å². The van der Waals surface area contributed by atoms with Gasteiger partial charge in [-0.1, -0.05) is 6.07 Å². The van der Waals surface area contributed by atoms with Crippen LogP contribution in [0.2, 0.25) is 0 Å². The van der Waals surface area contributed by atoms with Crippen LogP contribution >= 0.6 is 0 Å². The Morgan fingerprint density at radius 3 is 2.81 bits per heavy atom. The summed E-state index contributed by atoms with van der Waals surface area (Å²) in [6, 6.07) is 11.9. The van der Waals surface area contributed by atoms with Gasteiger partial charge in [0.15, 0.2) is 0 Å². The fourth-order valence-corrected chi connectivity index (χ4v) is 2.00. The van der Waals surface area contributed by atoms with Crippen LogP contribution in [0.15, 0.2) is 54.7 Å². The Balaban J connectivity index is 2.05. The topological polar surface area (TPSA) is 65.3 Å². The number of halogens is 1. The molecular formula is C15H9FN2O3. The van der Waals surface area contributed by atoms with Gasteiger partial charge < -0.3 is 4.74 Å². The molecule has 1 heterocycles. The van der Waals surface area contributed by atoms with Crippen molar-refractivity contribution in [2.75, 3.05) is 0 Å². The molecule has 0 saturated carbocycles. The van der Waals surface area contributed by atoms with Crippen LogP contribution in [0.5, 0.6) is 11.5 Å². The fraction of sp³-hybridized carbons (Fsp3) is 0. The number of ether oxygens (including phenoxy) is 1. The number of aromatic nitrogens is 1. The lowest BCUT2D eigenvalue weighted by Crippen LogP contribution is -1.92. The first-order valence-electron chi connectivity index (χ1n) is 6.10. The van der Waals surface area contributed by atoms with Crippen molar-refractivity contribution in [2.24, 2.45) is 0 Å². The quantitative estimate of drug-likeness (QED) is 0.537. The van der Waals surface area contributed by atoms with Crippen molar-refractivity contribution in [1.29, 1.82) is 0 Å². The predicted molar refractivity (Wildman–Crippen MR) is 74.9 cm³/mol. The number of pyridine rings is 1. The first kappa shape index (κ1) is 13.0. The summed E-state index contributed by atoms with van der Waals surface area (Å²) >= 11 is 0. The van der Waals surface area contributed by atoms with Crippen LogP contribution in [0, 0.1) is 15.9 Å². The van der Waals surface area contributed by atoms with E-state index >= 15 is 0 Å². The second-order valence-corrected chi connectivity index (χ2v) is 4.33. The summed E-state index contributed by atoms with van der Waals surface area (Å²) in [7, 11) is 0. The largest absolute Gasteiger partial charge is 0.456 e. The molecule has 0 saturated heterocycles. The number of fused-ring (bicyclic) bond motifs is 1. The summed E-state index contributed by atoms with van der Waals surface area (Å²) in [6.07, 6.45) is 1.65. The minimum atomic E-state index is -0.724. The highest BCUT2D eigenvalue weighted by Crippen LogP contribution is 2.31. The van der Waals surface area contributed by atoms with Crippen molar-refractivity contribution in [3.05, 3.63) is 70.7 Å². The highest BCUT2D eigenvalue weighted by molar-refractivity contribution is 5.85. The van der Waals surface area contributed by atoms with Crippen molar-refractivity contribution in [1.82, 2.24) is 4.98 Å². The van der Waals surface area contributed by atoms with E-state index in [1.807, 2.05) is 12.1 Å². The van der Waals surface area contributed by atoms with Crippen LogP contribution in [0.3, 0.4) is 0 Å². The molecule has 0 aliphatic rings. The molecule has 0 bridgehead atoms. The third-order valence-electron chi connectivity index (χ3n) is 2.90. The van der Waals surface area contributed by atoms with Gasteiger partial charge in [0.25, 0.3) is 5.69 Å². The molecule has 6 heteroatoms. The summed E-state index contributed by atoms with van der Waals surface area (Å²) in [5.74, 6) is -0.198. The summed E-state index contributed by atoms with van der Waals surface area (Å²) in [5.41, 5.74) is 0.365. The summed E-state index contributed by atoms with van der Waals surface area (Å²) in [5, 5.41) is 11.5. The smallest absolute Gasteiger partial charge is 0.276 e. The fourth-order valence-electron chi connectivity index (χ4n) is 2.00. The van der Waals surface area contributed by atoms with Gasteiger partial charge in [0, 0.05) is 17.6 Å². The first-order valence-corrected chi connectivity index (χ1v) is 6.10. The summed E-state index contributed by atoms with van der Waals surface area (Å²) < 4.78 is 19.0. The van der Waals surface area contributed by atoms with E-state index in [1.165, 1.54) is 6.07 Å². The molecule has 0 atom stereocenters. The van der Waals surface area contributed by atoms with E-state index in [1.54, 1.807) is 24.4 Å². The number of non-ortho nitro benzene ring substituents is 1. The van der Waals surface area contributed by atoms with Crippen LogP contribution in [-0.2, 0) is 0 Å². The number of benzene rings is 2. The van der Waals surface area contributed by atoms with Crippen LogP contribution in [0.4, 0.5) is 10.1 Å². The summed E-state index contributed by atoms with van der Waals surface area (Å²) in [4.78, 5) is 14.3. The molecule has 1 aromatic heterocycles. The zero-order valence-electron chi connectivity index (χ0n) is 10.7. The highest BCUT2D eigenvalue weighted by Gasteiger charge is 2.12. The molecule has 5 nitrogen and oxygen atoms in total. The third kappa shape index (κ3) is 2.64. The van der Waals surface area contributed by atoms with Crippen LogP contribution < -0.4 is 4.74 Å². The number of hydrogen-bond acceptors (Lipinski definition) is 4. The molecule has 0 amide bonds. The SMILES string of the molecule is O=[N+]([O-])c1cc(F)cc(Oc2cccc3ncccc23)c1. The average Bonchev–Trinajstić information content (AvgIpc) is 2.47. The number of nitro groups is 1. The standard InChI is InChI=1S/C15H9FN2O3/c16-10-7-11(18(19)20)9-12(8-10)21-15-5-1-4-14-13(15)3-2-6-17-14/h1-9H. The Hall–Kier alpha value is -3.02. The molecule has 2 aromatic carbocycles. The van der Waals surface area contributed by atoms with Gasteiger partial charge in [0.05, 0.1) is 22.6 Å². The number of hydrogen-bond donors (Lipinski definition) is 0. The molecular weight excluding hydrogens is 275 g/mol. The van der Waals surface area contributed by atoms with Gasteiger partial charge in [-0.25, -0.2) is 4.39 Å². The monoisotopic (exact) mass is 284 g/mol. The molecule has 0 unspecified atom stereocenters. The van der Waals surface area contributed by atoms with Gasteiger partial charge >= 0.3 is 0 Å². The minimum absolute atomic E-state index is 0.0676. The van der Waals surface area contributed by atoms with Crippen molar-refractivity contribution < 1.29 is 14.1 Å². The Kier molecular flexibility index (Phi) is 3.19. The van der Waals surface area contributed by atoms with Gasteiger partial charge in [0.1, 0.15) is 17.3 Å². The van der Waals surface area contributed by atoms with Crippen molar-refractivity contribution >= 4 is 16.6 Å². The van der Waals surface area contributed by atoms with Gasteiger partial charge in [-0.3, -0.25) is 15.1 Å². The molecule has 0 aliphatic carbocycles. The van der Waals surface area contributed by atoms with E-state index in [9.17, 15) is 14.5 Å². The zero-order chi connectivity index (χ0) is 14.8. The van der Waals surface area contributed by atoms with Crippen LogP contribution in [-0.4, -0.2) is 9.91 Å². The first-order chi connectivity index (χ1) is 10.1. The predicted octanol–water partition coefficient (Wildman–Crippen LogP) is 4.07. The maximum Gasteiger partial charge on any atom is 0.276 e. The Bertz CT molecular complexity index is 831. The molecule has 0 N–H and O–H groups in total. The molecule has 0 fully saturated rings. The van der Waals surface area contributed by atoms with Crippen molar-refractivity contribution in [3.8, 4) is 11.5 Å². The molecule has 0 radical (unpaired) electrons. The third-order valence-corrected chi connectivity index (χ3v) is 2.90. The Morgan fingerprint density at radius 2 is 2.00 bits per heavy atom. The Labute approximate surface area is 118 Å². The van der Waals surface area contributed by atoms with Crippen LogP contribution in [0.1, 0.15) is 0 Å². The zero-order valence-corrected chi connectivity index (χ0v) is 10.7. The van der Waals surface area contributed by atoms with E-state index in [4.69, 9.17) is 4.74 Å².